The van der Waals surface area contributed by atoms with Gasteiger partial charge in [-0.25, -0.2) is 9.38 Å². The molecule has 1 aliphatic rings. The lowest BCUT2D eigenvalue weighted by Crippen LogP contribution is -2.28. The number of aliphatic imine (C=N–C) groups is 1. The quantitative estimate of drug-likeness (QED) is 0.246. The summed E-state index contributed by atoms with van der Waals surface area (Å²) in [6.07, 6.45) is 1.80. The molecule has 0 N–H and O–H groups in total. The van der Waals surface area contributed by atoms with Crippen molar-refractivity contribution in [3.63, 3.8) is 0 Å². The number of methoxy groups -OCH3 is 1. The zero-order valence-corrected chi connectivity index (χ0v) is 20.4. The van der Waals surface area contributed by atoms with Gasteiger partial charge in [-0.3, -0.25) is 19.8 Å². The number of amides is 1. The zero-order chi connectivity index (χ0) is 25.3. The van der Waals surface area contributed by atoms with Gasteiger partial charge in [0.2, 0.25) is 0 Å². The Morgan fingerprint density at radius 2 is 1.89 bits per heavy atom. The number of thioether (sulfide) groups is 1. The Balaban J connectivity index is 1.74. The summed E-state index contributed by atoms with van der Waals surface area (Å²) >= 11 is 1.25. The molecule has 0 spiro atoms. The molecule has 180 valence electrons. The highest BCUT2D eigenvalue weighted by Gasteiger charge is 2.32. The number of hydrogen-bond donors (Lipinski definition) is 0. The normalized spacial score (nSPS) is 15.9. The van der Waals surface area contributed by atoms with Crippen LogP contribution < -0.4 is 4.74 Å². The van der Waals surface area contributed by atoms with Crippen molar-refractivity contribution in [3.05, 3.63) is 86.3 Å². The zero-order valence-electron chi connectivity index (χ0n) is 19.6. The van der Waals surface area contributed by atoms with Gasteiger partial charge in [0.25, 0.3) is 11.6 Å². The van der Waals surface area contributed by atoms with Gasteiger partial charge in [0, 0.05) is 30.1 Å². The minimum atomic E-state index is -0.449. The Kier molecular flexibility index (Phi) is 6.74. The molecule has 0 radical (unpaired) electrons. The van der Waals surface area contributed by atoms with Crippen LogP contribution in [0.5, 0.6) is 5.75 Å². The molecule has 0 atom stereocenters. The second-order valence-electron chi connectivity index (χ2n) is 7.81. The second-order valence-corrected chi connectivity index (χ2v) is 8.82. The molecule has 0 saturated carbocycles. The number of nitrogens with zero attached hydrogens (tertiary/aromatic N) is 4. The molecule has 8 nitrogen and oxygen atoms in total. The summed E-state index contributed by atoms with van der Waals surface area (Å²) in [5.74, 6) is -0.0299. The van der Waals surface area contributed by atoms with Crippen LogP contribution in [0.15, 0.2) is 58.4 Å². The number of benzene rings is 2. The van der Waals surface area contributed by atoms with E-state index < -0.39 is 4.92 Å². The predicted octanol–water partition coefficient (Wildman–Crippen LogP) is 5.77. The Bertz CT molecular complexity index is 1380. The number of hydrogen-bond acceptors (Lipinski definition) is 6. The lowest BCUT2D eigenvalue weighted by Gasteiger charge is -2.14. The fraction of sp³-hybridized carbons (Fsp3) is 0.200. The van der Waals surface area contributed by atoms with Gasteiger partial charge < -0.3 is 9.30 Å². The summed E-state index contributed by atoms with van der Waals surface area (Å²) in [6.45, 7) is 6.07. The SMILES string of the molecule is CCN1C(=O)/C(=C\c2cc(C)n(-c3cc([N+](=O)[O-])ccc3OC)c2C)SC1=Nc1ccc(F)cc1. The highest BCUT2D eigenvalue weighted by Crippen LogP contribution is 2.36. The number of nitro benzene ring substituents is 1. The summed E-state index contributed by atoms with van der Waals surface area (Å²) in [6, 6.07) is 12.1. The van der Waals surface area contributed by atoms with Gasteiger partial charge in [0.05, 0.1) is 28.3 Å². The third-order valence-electron chi connectivity index (χ3n) is 5.63. The van der Waals surface area contributed by atoms with E-state index >= 15 is 0 Å². The Hall–Kier alpha value is -3.92. The summed E-state index contributed by atoms with van der Waals surface area (Å²) in [7, 11) is 1.51. The average molecular weight is 495 g/mol. The fourth-order valence-corrected chi connectivity index (χ4v) is 4.96. The minimum absolute atomic E-state index is 0.0463. The highest BCUT2D eigenvalue weighted by molar-refractivity contribution is 8.18. The lowest BCUT2D eigenvalue weighted by molar-refractivity contribution is -0.384. The van der Waals surface area contributed by atoms with E-state index in [4.69, 9.17) is 4.74 Å². The summed E-state index contributed by atoms with van der Waals surface area (Å²) in [4.78, 5) is 30.6. The number of ether oxygens (including phenoxy) is 1. The monoisotopic (exact) mass is 494 g/mol. The maximum atomic E-state index is 13.2. The molecule has 1 fully saturated rings. The van der Waals surface area contributed by atoms with E-state index in [1.165, 1.54) is 43.1 Å². The molecule has 35 heavy (non-hydrogen) atoms. The van der Waals surface area contributed by atoms with Gasteiger partial charge in [-0.1, -0.05) is 0 Å². The summed E-state index contributed by atoms with van der Waals surface area (Å²) < 4.78 is 20.6. The summed E-state index contributed by atoms with van der Waals surface area (Å²) in [5, 5.41) is 11.9. The van der Waals surface area contributed by atoms with Gasteiger partial charge in [0.15, 0.2) is 5.17 Å². The minimum Gasteiger partial charge on any atom is -0.495 e. The molecule has 4 rings (SSSR count). The van der Waals surface area contributed by atoms with E-state index in [1.54, 1.807) is 29.2 Å². The smallest absolute Gasteiger partial charge is 0.271 e. The fourth-order valence-electron chi connectivity index (χ4n) is 3.91. The first-order valence-corrected chi connectivity index (χ1v) is 11.6. The van der Waals surface area contributed by atoms with Crippen molar-refractivity contribution < 1.29 is 18.8 Å². The Morgan fingerprint density at radius 1 is 1.17 bits per heavy atom. The molecule has 2 aromatic carbocycles. The van der Waals surface area contributed by atoms with Crippen LogP contribution in [0.3, 0.4) is 0 Å². The van der Waals surface area contributed by atoms with Gasteiger partial charge >= 0.3 is 0 Å². The van der Waals surface area contributed by atoms with Crippen molar-refractivity contribution in [1.82, 2.24) is 9.47 Å². The van der Waals surface area contributed by atoms with Gasteiger partial charge in [0.1, 0.15) is 11.6 Å². The van der Waals surface area contributed by atoms with Crippen LogP contribution in [-0.2, 0) is 4.79 Å². The van der Waals surface area contributed by atoms with Crippen molar-refractivity contribution >= 4 is 40.3 Å². The van der Waals surface area contributed by atoms with Crippen LogP contribution in [0.2, 0.25) is 0 Å². The van der Waals surface area contributed by atoms with Crippen molar-refractivity contribution in [3.8, 4) is 11.4 Å². The van der Waals surface area contributed by atoms with E-state index in [0.29, 0.717) is 33.7 Å². The van der Waals surface area contributed by atoms with Crippen LogP contribution >= 0.6 is 11.8 Å². The molecule has 1 amide bonds. The number of non-ortho nitro benzene ring substituents is 1. The molecule has 1 aromatic heterocycles. The number of rotatable bonds is 6. The van der Waals surface area contributed by atoms with Crippen molar-refractivity contribution in [2.45, 2.75) is 20.8 Å². The van der Waals surface area contributed by atoms with Crippen LogP contribution in [0.4, 0.5) is 15.8 Å². The largest absolute Gasteiger partial charge is 0.495 e. The van der Waals surface area contributed by atoms with Crippen LogP contribution in [0.1, 0.15) is 23.9 Å². The Labute approximate surface area is 205 Å². The van der Waals surface area contributed by atoms with Crippen LogP contribution in [0, 0.1) is 29.8 Å². The molecule has 0 bridgehead atoms. The first-order valence-electron chi connectivity index (χ1n) is 10.8. The molecule has 3 aromatic rings. The maximum Gasteiger partial charge on any atom is 0.271 e. The van der Waals surface area contributed by atoms with E-state index in [9.17, 15) is 19.3 Å². The molecule has 10 heteroatoms. The summed E-state index contributed by atoms with van der Waals surface area (Å²) in [5.41, 5.74) is 3.48. The predicted molar refractivity (Wildman–Crippen MR) is 135 cm³/mol. The third-order valence-corrected chi connectivity index (χ3v) is 6.63. The molecule has 0 aliphatic carbocycles. The third kappa shape index (κ3) is 4.69. The molecule has 0 unspecified atom stereocenters. The van der Waals surface area contributed by atoms with Crippen molar-refractivity contribution in [1.29, 1.82) is 0 Å². The first kappa shape index (κ1) is 24.2. The first-order chi connectivity index (χ1) is 16.7. The molecular formula is C25H23FN4O4S. The standard InChI is InChI=1S/C25H23FN4O4S/c1-5-28-24(31)23(35-25(28)27-19-8-6-18(26)7-9-19)13-17-12-15(2)29(16(17)3)21-14-20(30(32)33)10-11-22(21)34-4/h6-14H,5H2,1-4H3/b23-13+,27-25?. The average Bonchev–Trinajstić information content (AvgIpc) is 3.28. The van der Waals surface area contributed by atoms with E-state index in [-0.39, 0.29) is 17.4 Å². The van der Waals surface area contributed by atoms with Gasteiger partial charge in [-0.2, -0.15) is 0 Å². The van der Waals surface area contributed by atoms with Crippen LogP contribution in [0.25, 0.3) is 11.8 Å². The van der Waals surface area contributed by atoms with Gasteiger partial charge in [-0.15, -0.1) is 0 Å². The number of halogens is 1. The molecule has 1 aliphatic heterocycles. The highest BCUT2D eigenvalue weighted by atomic mass is 32.2. The number of aryl methyl sites for hydroxylation is 1. The number of carbonyl (C=O) groups excluding carboxylic acids is 1. The Morgan fingerprint density at radius 3 is 2.51 bits per heavy atom. The number of likely N-dealkylation sites (N-methyl/N-ethyl adjacent to an activating group) is 1. The van der Waals surface area contributed by atoms with E-state index in [0.717, 1.165) is 17.0 Å². The van der Waals surface area contributed by atoms with E-state index in [2.05, 4.69) is 4.99 Å². The van der Waals surface area contributed by atoms with E-state index in [1.807, 2.05) is 31.4 Å². The number of aromatic nitrogens is 1. The second kappa shape index (κ2) is 9.75. The number of nitro groups is 1. The molecule has 2 heterocycles. The number of amidine groups is 1. The lowest BCUT2D eigenvalue weighted by atomic mass is 10.2. The maximum absolute atomic E-state index is 13.2. The van der Waals surface area contributed by atoms with Crippen molar-refractivity contribution in [2.75, 3.05) is 13.7 Å². The topological polar surface area (TPSA) is 90.0 Å². The van der Waals surface area contributed by atoms with Crippen LogP contribution in [-0.4, -0.2) is 39.1 Å². The van der Waals surface area contributed by atoms with Gasteiger partial charge in [-0.05, 0) is 80.6 Å². The molecular weight excluding hydrogens is 471 g/mol. The number of carbonyl (C=O) groups is 1. The molecule has 1 saturated heterocycles. The van der Waals surface area contributed by atoms with Crippen molar-refractivity contribution in [2.24, 2.45) is 4.99 Å².